The van der Waals surface area contributed by atoms with Gasteiger partial charge in [-0.2, -0.15) is 0 Å². The molecular weight excluding hydrogens is 290 g/mol. The van der Waals surface area contributed by atoms with Gasteiger partial charge in [0.1, 0.15) is 11.8 Å². The van der Waals surface area contributed by atoms with Crippen molar-refractivity contribution < 1.29 is 14.4 Å². The SMILES string of the molecule is CCOC(=O)/C(=N\O[C@@H]1CCC[C@H](C)C1)c1csc(N)n1. The number of anilines is 1. The summed E-state index contributed by atoms with van der Waals surface area (Å²) >= 11 is 1.25. The van der Waals surface area contributed by atoms with E-state index in [1.54, 1.807) is 12.3 Å². The van der Waals surface area contributed by atoms with Crippen LogP contribution in [0.4, 0.5) is 5.13 Å². The Kier molecular flexibility index (Phi) is 5.55. The third kappa shape index (κ3) is 4.42. The van der Waals surface area contributed by atoms with Crippen LogP contribution in [-0.2, 0) is 14.4 Å². The predicted molar refractivity (Wildman–Crippen MR) is 82.2 cm³/mol. The van der Waals surface area contributed by atoms with Gasteiger partial charge in [0.25, 0.3) is 0 Å². The van der Waals surface area contributed by atoms with Crippen LogP contribution in [0.5, 0.6) is 0 Å². The number of nitrogens with two attached hydrogens (primary N) is 1. The molecule has 0 radical (unpaired) electrons. The molecule has 116 valence electrons. The Morgan fingerprint density at radius 2 is 2.38 bits per heavy atom. The molecule has 1 aromatic rings. The lowest BCUT2D eigenvalue weighted by molar-refractivity contribution is -0.135. The zero-order chi connectivity index (χ0) is 15.2. The van der Waals surface area contributed by atoms with Gasteiger partial charge in [-0.3, -0.25) is 0 Å². The summed E-state index contributed by atoms with van der Waals surface area (Å²) in [5.74, 6) is 0.0894. The molecule has 6 nitrogen and oxygen atoms in total. The Morgan fingerprint density at radius 3 is 3.00 bits per heavy atom. The molecule has 7 heteroatoms. The maximum Gasteiger partial charge on any atom is 0.362 e. The highest BCUT2D eigenvalue weighted by atomic mass is 32.1. The van der Waals surface area contributed by atoms with E-state index in [4.69, 9.17) is 15.3 Å². The number of esters is 1. The Hall–Kier alpha value is -1.63. The fourth-order valence-electron chi connectivity index (χ4n) is 2.39. The molecule has 1 aliphatic rings. The number of hydrogen-bond acceptors (Lipinski definition) is 7. The van der Waals surface area contributed by atoms with Crippen molar-refractivity contribution in [2.24, 2.45) is 11.1 Å². The minimum Gasteiger partial charge on any atom is -0.461 e. The first kappa shape index (κ1) is 15.8. The van der Waals surface area contributed by atoms with Gasteiger partial charge in [-0.05, 0) is 32.1 Å². The van der Waals surface area contributed by atoms with Gasteiger partial charge in [-0.15, -0.1) is 11.3 Å². The molecule has 21 heavy (non-hydrogen) atoms. The summed E-state index contributed by atoms with van der Waals surface area (Å²) in [7, 11) is 0. The molecule has 1 saturated carbocycles. The van der Waals surface area contributed by atoms with Crippen molar-refractivity contribution in [3.05, 3.63) is 11.1 Å². The Labute approximate surface area is 128 Å². The number of carbonyl (C=O) groups excluding carboxylic acids is 1. The highest BCUT2D eigenvalue weighted by molar-refractivity contribution is 7.13. The molecule has 2 rings (SSSR count). The van der Waals surface area contributed by atoms with E-state index in [1.165, 1.54) is 17.8 Å². The molecule has 1 aliphatic carbocycles. The molecule has 0 aromatic carbocycles. The number of ether oxygens (including phenoxy) is 1. The van der Waals surface area contributed by atoms with E-state index in [0.717, 1.165) is 19.3 Å². The molecule has 2 atom stereocenters. The molecule has 0 bridgehead atoms. The fraction of sp³-hybridized carbons (Fsp3) is 0.643. The van der Waals surface area contributed by atoms with Crippen LogP contribution in [0, 0.1) is 5.92 Å². The maximum atomic E-state index is 12.0. The third-order valence-corrected chi connectivity index (χ3v) is 4.09. The van der Waals surface area contributed by atoms with E-state index in [9.17, 15) is 4.79 Å². The molecule has 0 saturated heterocycles. The largest absolute Gasteiger partial charge is 0.461 e. The average Bonchev–Trinajstić information content (AvgIpc) is 2.86. The lowest BCUT2D eigenvalue weighted by atomic mass is 9.89. The molecule has 0 spiro atoms. The number of nitrogen functional groups attached to an aromatic ring is 1. The van der Waals surface area contributed by atoms with Crippen LogP contribution in [0.3, 0.4) is 0 Å². The van der Waals surface area contributed by atoms with Crippen molar-refractivity contribution in [3.8, 4) is 0 Å². The van der Waals surface area contributed by atoms with Crippen LogP contribution >= 0.6 is 11.3 Å². The van der Waals surface area contributed by atoms with Gasteiger partial charge in [0.15, 0.2) is 5.13 Å². The molecule has 0 aliphatic heterocycles. The van der Waals surface area contributed by atoms with E-state index in [0.29, 0.717) is 16.7 Å². The molecule has 1 aromatic heterocycles. The number of carbonyl (C=O) groups is 1. The number of thiazole rings is 1. The minimum absolute atomic E-state index is 0.0501. The first-order valence-electron chi connectivity index (χ1n) is 7.22. The summed E-state index contributed by atoms with van der Waals surface area (Å²) in [6.45, 7) is 4.22. The van der Waals surface area contributed by atoms with Crippen molar-refractivity contribution in [1.29, 1.82) is 0 Å². The standard InChI is InChI=1S/C14H21N3O3S/c1-3-19-13(18)12(11-8-21-14(15)16-11)17-20-10-6-4-5-9(2)7-10/h8-10H,3-7H2,1-2H3,(H2,15,16)/b17-12-/t9-,10+/m0/s1. The molecule has 2 N–H and O–H groups in total. The van der Waals surface area contributed by atoms with E-state index in [-0.39, 0.29) is 18.4 Å². The van der Waals surface area contributed by atoms with Crippen LogP contribution in [0.1, 0.15) is 45.2 Å². The summed E-state index contributed by atoms with van der Waals surface area (Å²) in [6.07, 6.45) is 4.31. The Morgan fingerprint density at radius 1 is 1.57 bits per heavy atom. The van der Waals surface area contributed by atoms with Gasteiger partial charge < -0.3 is 15.3 Å². The van der Waals surface area contributed by atoms with Gasteiger partial charge in [-0.1, -0.05) is 18.5 Å². The second-order valence-electron chi connectivity index (χ2n) is 5.23. The van der Waals surface area contributed by atoms with Crippen LogP contribution in [0.2, 0.25) is 0 Å². The number of hydrogen-bond donors (Lipinski definition) is 1. The van der Waals surface area contributed by atoms with Crippen LogP contribution in [0.25, 0.3) is 0 Å². The van der Waals surface area contributed by atoms with Gasteiger partial charge >= 0.3 is 5.97 Å². The second-order valence-corrected chi connectivity index (χ2v) is 6.12. The van der Waals surface area contributed by atoms with Crippen molar-refractivity contribution >= 4 is 28.1 Å². The second kappa shape index (κ2) is 7.40. The molecule has 0 amide bonds. The van der Waals surface area contributed by atoms with Crippen molar-refractivity contribution in [2.75, 3.05) is 12.3 Å². The van der Waals surface area contributed by atoms with Gasteiger partial charge in [0.05, 0.1) is 6.61 Å². The van der Waals surface area contributed by atoms with Crippen LogP contribution < -0.4 is 5.73 Å². The van der Waals surface area contributed by atoms with Crippen molar-refractivity contribution in [3.63, 3.8) is 0 Å². The quantitative estimate of drug-likeness (QED) is 0.513. The summed E-state index contributed by atoms with van der Waals surface area (Å²) < 4.78 is 5.00. The summed E-state index contributed by atoms with van der Waals surface area (Å²) in [5.41, 5.74) is 6.10. The Balaban J connectivity index is 2.10. The van der Waals surface area contributed by atoms with Gasteiger partial charge in [-0.25, -0.2) is 9.78 Å². The number of aromatic nitrogens is 1. The van der Waals surface area contributed by atoms with Crippen LogP contribution in [-0.4, -0.2) is 29.4 Å². The fourth-order valence-corrected chi connectivity index (χ4v) is 2.93. The number of rotatable bonds is 5. The minimum atomic E-state index is -0.536. The zero-order valence-electron chi connectivity index (χ0n) is 12.4. The zero-order valence-corrected chi connectivity index (χ0v) is 13.2. The van der Waals surface area contributed by atoms with Crippen LogP contribution in [0.15, 0.2) is 10.5 Å². The Bertz CT molecular complexity index is 515. The molecule has 1 fully saturated rings. The highest BCUT2D eigenvalue weighted by Gasteiger charge is 2.23. The van der Waals surface area contributed by atoms with E-state index < -0.39 is 5.97 Å². The third-order valence-electron chi connectivity index (χ3n) is 3.41. The summed E-state index contributed by atoms with van der Waals surface area (Å²) in [6, 6.07) is 0. The summed E-state index contributed by atoms with van der Waals surface area (Å²) in [4.78, 5) is 21.6. The summed E-state index contributed by atoms with van der Waals surface area (Å²) in [5, 5.41) is 6.08. The average molecular weight is 311 g/mol. The molecule has 0 unspecified atom stereocenters. The predicted octanol–water partition coefficient (Wildman–Crippen LogP) is 2.59. The first-order valence-corrected chi connectivity index (χ1v) is 8.10. The van der Waals surface area contributed by atoms with E-state index in [2.05, 4.69) is 17.1 Å². The maximum absolute atomic E-state index is 12.0. The first-order chi connectivity index (χ1) is 10.1. The monoisotopic (exact) mass is 311 g/mol. The van der Waals surface area contributed by atoms with E-state index >= 15 is 0 Å². The van der Waals surface area contributed by atoms with Gasteiger partial charge in [0.2, 0.25) is 5.71 Å². The topological polar surface area (TPSA) is 86.8 Å². The molecular formula is C14H21N3O3S. The smallest absolute Gasteiger partial charge is 0.362 e. The molecule has 1 heterocycles. The normalized spacial score (nSPS) is 22.9. The van der Waals surface area contributed by atoms with Crippen molar-refractivity contribution in [2.45, 2.75) is 45.6 Å². The lowest BCUT2D eigenvalue weighted by Gasteiger charge is -2.24. The highest BCUT2D eigenvalue weighted by Crippen LogP contribution is 2.26. The van der Waals surface area contributed by atoms with E-state index in [1.807, 2.05) is 0 Å². The lowest BCUT2D eigenvalue weighted by Crippen LogP contribution is -2.23. The number of nitrogens with zero attached hydrogens (tertiary/aromatic N) is 2. The van der Waals surface area contributed by atoms with Crippen molar-refractivity contribution in [1.82, 2.24) is 4.98 Å². The van der Waals surface area contributed by atoms with Gasteiger partial charge in [0, 0.05) is 5.38 Å². The number of oxime groups is 1.